The number of phenols is 1. The van der Waals surface area contributed by atoms with E-state index in [2.05, 4.69) is 19.9 Å². The summed E-state index contributed by atoms with van der Waals surface area (Å²) in [5.41, 5.74) is 3.36. The van der Waals surface area contributed by atoms with Crippen LogP contribution in [0.4, 0.5) is 0 Å². The molecule has 32 heavy (non-hydrogen) atoms. The van der Waals surface area contributed by atoms with E-state index >= 15 is 0 Å². The summed E-state index contributed by atoms with van der Waals surface area (Å²) in [7, 11) is 1.45. The maximum Gasteiger partial charge on any atom is 0.339 e. The molecule has 0 aromatic heterocycles. The lowest BCUT2D eigenvalue weighted by molar-refractivity contribution is 0.0692. The van der Waals surface area contributed by atoms with Gasteiger partial charge in [-0.25, -0.2) is 4.79 Å². The van der Waals surface area contributed by atoms with Crippen molar-refractivity contribution in [2.75, 3.05) is 7.11 Å². The lowest BCUT2D eigenvalue weighted by atomic mass is 9.90. The van der Waals surface area contributed by atoms with Crippen LogP contribution >= 0.6 is 11.6 Å². The fourth-order valence-corrected chi connectivity index (χ4v) is 3.57. The first kappa shape index (κ1) is 25.2. The number of carboxylic acid groups (broad SMARTS) is 1. The average Bonchev–Trinajstić information content (AvgIpc) is 2.72. The van der Waals surface area contributed by atoms with Crippen LogP contribution in [0.25, 0.3) is 0 Å². The minimum Gasteiger partial charge on any atom is -0.507 e. The van der Waals surface area contributed by atoms with E-state index in [1.165, 1.54) is 18.7 Å². The summed E-state index contributed by atoms with van der Waals surface area (Å²) in [6, 6.07) is 7.70. The fraction of sp³-hybridized carbons (Fsp3) is 0.308. The molecule has 0 unspecified atom stereocenters. The molecular weight excluding hydrogens is 428 g/mol. The van der Waals surface area contributed by atoms with E-state index in [0.717, 1.165) is 18.4 Å². The first-order valence-corrected chi connectivity index (χ1v) is 10.7. The van der Waals surface area contributed by atoms with Gasteiger partial charge in [-0.3, -0.25) is 4.79 Å². The number of ether oxygens (including phenoxy) is 1. The Hall–Kier alpha value is -3.05. The van der Waals surface area contributed by atoms with Crippen molar-refractivity contribution in [3.05, 3.63) is 80.9 Å². The maximum absolute atomic E-state index is 12.9. The minimum absolute atomic E-state index is 0.186. The predicted octanol–water partition coefficient (Wildman–Crippen LogP) is 6.41. The smallest absolute Gasteiger partial charge is 0.339 e. The van der Waals surface area contributed by atoms with Gasteiger partial charge in [0.2, 0.25) is 0 Å². The number of rotatable bonds is 10. The van der Waals surface area contributed by atoms with Gasteiger partial charge in [0.15, 0.2) is 5.78 Å². The zero-order valence-electron chi connectivity index (χ0n) is 18.9. The van der Waals surface area contributed by atoms with E-state index in [1.54, 1.807) is 24.3 Å². The zero-order valence-corrected chi connectivity index (χ0v) is 19.6. The molecule has 0 aliphatic heterocycles. The molecule has 0 atom stereocenters. The Morgan fingerprint density at radius 1 is 1.06 bits per heavy atom. The normalized spacial score (nSPS) is 11.2. The molecule has 0 aliphatic rings. The molecular formula is C26H29ClO5. The van der Waals surface area contributed by atoms with Crippen molar-refractivity contribution in [3.63, 3.8) is 0 Å². The number of hydrogen-bond donors (Lipinski definition) is 2. The summed E-state index contributed by atoms with van der Waals surface area (Å²) in [4.78, 5) is 24.9. The first-order chi connectivity index (χ1) is 15.1. The highest BCUT2D eigenvalue weighted by Crippen LogP contribution is 2.35. The highest BCUT2D eigenvalue weighted by atomic mass is 35.5. The second-order valence-corrected chi connectivity index (χ2v) is 8.35. The summed E-state index contributed by atoms with van der Waals surface area (Å²) in [6.45, 7) is 6.12. The Bertz CT molecular complexity index is 1040. The van der Waals surface area contributed by atoms with Gasteiger partial charge < -0.3 is 14.9 Å². The van der Waals surface area contributed by atoms with Gasteiger partial charge in [0.25, 0.3) is 0 Å². The van der Waals surface area contributed by atoms with E-state index < -0.39 is 11.7 Å². The Kier molecular flexibility index (Phi) is 9.09. The molecule has 2 aromatic rings. The lowest BCUT2D eigenvalue weighted by Crippen LogP contribution is -2.13. The van der Waals surface area contributed by atoms with Gasteiger partial charge in [-0.1, -0.05) is 34.9 Å². The van der Waals surface area contributed by atoms with E-state index in [-0.39, 0.29) is 23.3 Å². The van der Waals surface area contributed by atoms with Crippen molar-refractivity contribution in [1.29, 1.82) is 0 Å². The molecule has 5 nitrogen and oxygen atoms in total. The van der Waals surface area contributed by atoms with Gasteiger partial charge >= 0.3 is 5.97 Å². The number of aromatic carboxylic acids is 1. The predicted molar refractivity (Wildman–Crippen MR) is 127 cm³/mol. The monoisotopic (exact) mass is 456 g/mol. The molecule has 2 rings (SSSR count). The van der Waals surface area contributed by atoms with Crippen molar-refractivity contribution < 1.29 is 24.5 Å². The highest BCUT2D eigenvalue weighted by molar-refractivity contribution is 6.30. The van der Waals surface area contributed by atoms with Gasteiger partial charge in [-0.15, -0.1) is 0 Å². The minimum atomic E-state index is -1.30. The van der Waals surface area contributed by atoms with Crippen molar-refractivity contribution in [3.8, 4) is 11.5 Å². The van der Waals surface area contributed by atoms with E-state index in [0.29, 0.717) is 28.3 Å². The number of halogens is 1. The second kappa shape index (κ2) is 11.5. The zero-order chi connectivity index (χ0) is 23.8. The molecule has 0 heterocycles. The van der Waals surface area contributed by atoms with Crippen LogP contribution in [0.1, 0.15) is 65.5 Å². The fourth-order valence-electron chi connectivity index (χ4n) is 3.44. The maximum atomic E-state index is 12.9. The molecule has 0 aliphatic carbocycles. The number of ketones is 1. The Balaban J connectivity index is 2.47. The number of Topliss-reactive ketones (excluding diaryl/α,β-unsaturated/α-hetero) is 1. The van der Waals surface area contributed by atoms with Crippen molar-refractivity contribution in [2.24, 2.45) is 0 Å². The van der Waals surface area contributed by atoms with Crippen molar-refractivity contribution in [1.82, 2.24) is 0 Å². The van der Waals surface area contributed by atoms with Gasteiger partial charge in [0.1, 0.15) is 17.1 Å². The molecule has 0 saturated carbocycles. The van der Waals surface area contributed by atoms with Gasteiger partial charge in [-0.05, 0) is 69.9 Å². The molecule has 0 fully saturated rings. The quantitative estimate of drug-likeness (QED) is 0.318. The number of hydrogen-bond acceptors (Lipinski definition) is 4. The Morgan fingerprint density at radius 2 is 1.72 bits per heavy atom. The van der Waals surface area contributed by atoms with Crippen LogP contribution in [0.2, 0.25) is 5.02 Å². The third-order valence-electron chi connectivity index (χ3n) is 5.17. The van der Waals surface area contributed by atoms with E-state index in [4.69, 9.17) is 16.3 Å². The third-order valence-corrected chi connectivity index (χ3v) is 5.42. The molecule has 0 amide bonds. The SMILES string of the molecule is COc1cc(O)c(C(=O)O)c(CC(=O)c2ccc(Cl)cc2)c1C/C=C(\C)CCC=C(C)C. The van der Waals surface area contributed by atoms with Crippen LogP contribution < -0.4 is 4.74 Å². The summed E-state index contributed by atoms with van der Waals surface area (Å²) < 4.78 is 5.43. The Morgan fingerprint density at radius 3 is 2.28 bits per heavy atom. The van der Waals surface area contributed by atoms with Gasteiger partial charge in [-0.2, -0.15) is 0 Å². The van der Waals surface area contributed by atoms with Crippen molar-refractivity contribution in [2.45, 2.75) is 46.5 Å². The first-order valence-electron chi connectivity index (χ1n) is 10.4. The number of benzene rings is 2. The molecule has 6 heteroatoms. The third kappa shape index (κ3) is 6.72. The molecule has 0 saturated heterocycles. The second-order valence-electron chi connectivity index (χ2n) is 7.92. The number of carbonyl (C=O) groups excluding carboxylic acids is 1. The van der Waals surface area contributed by atoms with Gasteiger partial charge in [0.05, 0.1) is 7.11 Å². The molecule has 2 aromatic carbocycles. The summed E-state index contributed by atoms with van der Waals surface area (Å²) in [6.07, 6.45) is 6.16. The Labute approximate surface area is 194 Å². The van der Waals surface area contributed by atoms with Crippen LogP contribution in [0.3, 0.4) is 0 Å². The van der Waals surface area contributed by atoms with Gasteiger partial charge in [0, 0.05) is 28.6 Å². The molecule has 0 radical (unpaired) electrons. The van der Waals surface area contributed by atoms with Crippen LogP contribution in [0.5, 0.6) is 11.5 Å². The van der Waals surface area contributed by atoms with Crippen LogP contribution in [0.15, 0.2) is 53.6 Å². The lowest BCUT2D eigenvalue weighted by Gasteiger charge is -2.17. The number of carboxylic acids is 1. The standard InChI is InChI=1S/C26H29ClO5/c1-16(2)6-5-7-17(3)8-13-20-21(14-22(28)18-9-11-19(27)12-10-18)25(26(30)31)23(29)15-24(20)32-4/h6,8-12,15,29H,5,7,13-14H2,1-4H3,(H,30,31)/b17-8+. The highest BCUT2D eigenvalue weighted by Gasteiger charge is 2.25. The summed E-state index contributed by atoms with van der Waals surface area (Å²) in [5.74, 6) is -1.65. The number of carbonyl (C=O) groups is 2. The number of methoxy groups -OCH3 is 1. The molecule has 0 spiro atoms. The van der Waals surface area contributed by atoms with Crippen LogP contribution in [0, 0.1) is 0 Å². The largest absolute Gasteiger partial charge is 0.507 e. The number of aromatic hydroxyl groups is 1. The van der Waals surface area contributed by atoms with Crippen LogP contribution in [-0.2, 0) is 12.8 Å². The topological polar surface area (TPSA) is 83.8 Å². The van der Waals surface area contributed by atoms with Crippen molar-refractivity contribution >= 4 is 23.4 Å². The van der Waals surface area contributed by atoms with Crippen LogP contribution in [-0.4, -0.2) is 29.1 Å². The average molecular weight is 457 g/mol. The van der Waals surface area contributed by atoms with E-state index in [1.807, 2.05) is 13.0 Å². The molecule has 0 bridgehead atoms. The molecule has 170 valence electrons. The number of allylic oxidation sites excluding steroid dienone is 4. The summed E-state index contributed by atoms with van der Waals surface area (Å²) >= 11 is 5.90. The van der Waals surface area contributed by atoms with E-state index in [9.17, 15) is 19.8 Å². The molecule has 2 N–H and O–H groups in total. The summed E-state index contributed by atoms with van der Waals surface area (Å²) in [5, 5.41) is 20.6.